The molecular formula is C35H27N5O4. The summed E-state index contributed by atoms with van der Waals surface area (Å²) in [7, 11) is 1.60. The molecule has 0 aliphatic carbocycles. The van der Waals surface area contributed by atoms with Crippen molar-refractivity contribution in [2.75, 3.05) is 12.4 Å². The van der Waals surface area contributed by atoms with Gasteiger partial charge in [-0.15, -0.1) is 0 Å². The van der Waals surface area contributed by atoms with Crippen LogP contribution in [0.5, 0.6) is 5.75 Å². The SMILES string of the molecule is COc1cccc2oc(-c3nc4ccccc4c(=O)n3N=Cc3c(C)n(CC(=O)Nc4ccccc4)c4ccccc34)cc12. The summed E-state index contributed by atoms with van der Waals surface area (Å²) in [6, 6.07) is 31.6. The number of carbonyl (C=O) groups excluding carboxylic acids is 1. The van der Waals surface area contributed by atoms with Crippen LogP contribution in [0, 0.1) is 6.92 Å². The van der Waals surface area contributed by atoms with Gasteiger partial charge in [0, 0.05) is 27.8 Å². The van der Waals surface area contributed by atoms with Crippen LogP contribution in [0.3, 0.4) is 0 Å². The summed E-state index contributed by atoms with van der Waals surface area (Å²) in [5.74, 6) is 1.13. The average molecular weight is 582 g/mol. The maximum Gasteiger partial charge on any atom is 0.282 e. The molecule has 0 aliphatic heterocycles. The molecule has 0 radical (unpaired) electrons. The Hall–Kier alpha value is -5.96. The second-order valence-electron chi connectivity index (χ2n) is 10.3. The summed E-state index contributed by atoms with van der Waals surface area (Å²) in [5, 5.41) is 9.74. The number of fused-ring (bicyclic) bond motifs is 3. The highest BCUT2D eigenvalue weighted by atomic mass is 16.5. The van der Waals surface area contributed by atoms with Gasteiger partial charge in [0.25, 0.3) is 5.56 Å². The molecule has 7 aromatic rings. The van der Waals surface area contributed by atoms with E-state index in [4.69, 9.17) is 19.2 Å². The molecule has 1 amide bonds. The minimum absolute atomic E-state index is 0.110. The summed E-state index contributed by atoms with van der Waals surface area (Å²) in [6.07, 6.45) is 1.65. The predicted molar refractivity (Wildman–Crippen MR) is 173 cm³/mol. The molecule has 216 valence electrons. The molecule has 9 nitrogen and oxygen atoms in total. The summed E-state index contributed by atoms with van der Waals surface area (Å²) in [6.45, 7) is 2.05. The van der Waals surface area contributed by atoms with Crippen molar-refractivity contribution in [2.45, 2.75) is 13.5 Å². The minimum atomic E-state index is -0.335. The number of rotatable bonds is 7. The van der Waals surface area contributed by atoms with Gasteiger partial charge in [0.15, 0.2) is 5.76 Å². The van der Waals surface area contributed by atoms with Gasteiger partial charge >= 0.3 is 0 Å². The van der Waals surface area contributed by atoms with E-state index in [2.05, 4.69) is 5.32 Å². The van der Waals surface area contributed by atoms with Gasteiger partial charge in [-0.2, -0.15) is 9.78 Å². The van der Waals surface area contributed by atoms with Crippen molar-refractivity contribution in [3.05, 3.63) is 125 Å². The lowest BCUT2D eigenvalue weighted by molar-refractivity contribution is -0.116. The Morgan fingerprint density at radius 2 is 1.68 bits per heavy atom. The van der Waals surface area contributed by atoms with Crippen molar-refractivity contribution in [1.82, 2.24) is 14.2 Å². The number of benzene rings is 4. The second-order valence-corrected chi connectivity index (χ2v) is 10.3. The van der Waals surface area contributed by atoms with Crippen molar-refractivity contribution in [2.24, 2.45) is 5.10 Å². The Bertz CT molecular complexity index is 2280. The molecule has 0 saturated heterocycles. The standard InChI is InChI=1S/C35H27N5O4/c1-22-27(24-13-7-9-16-29(24)39(22)21-33(41)37-23-11-4-3-5-12-23)20-36-40-34(38-28-15-8-6-14-25(28)35(40)42)32-19-26-30(43-2)17-10-18-31(26)44-32/h3-20H,21H2,1-2H3,(H,37,41). The molecule has 0 bridgehead atoms. The number of hydrogen-bond donors (Lipinski definition) is 1. The first-order valence-corrected chi connectivity index (χ1v) is 14.1. The van der Waals surface area contributed by atoms with Gasteiger partial charge in [-0.1, -0.05) is 54.6 Å². The third kappa shape index (κ3) is 4.70. The number of methoxy groups -OCH3 is 1. The molecule has 7 rings (SSSR count). The molecule has 0 saturated carbocycles. The third-order valence-electron chi connectivity index (χ3n) is 7.66. The number of ether oxygens (including phenoxy) is 1. The fourth-order valence-corrected chi connectivity index (χ4v) is 5.52. The van der Waals surface area contributed by atoms with Crippen LogP contribution in [0.4, 0.5) is 5.69 Å². The zero-order chi connectivity index (χ0) is 30.2. The van der Waals surface area contributed by atoms with Crippen LogP contribution < -0.4 is 15.6 Å². The maximum absolute atomic E-state index is 13.8. The summed E-state index contributed by atoms with van der Waals surface area (Å²) in [5.41, 5.74) is 4.02. The van der Waals surface area contributed by atoms with E-state index in [9.17, 15) is 9.59 Å². The maximum atomic E-state index is 13.8. The molecule has 0 unspecified atom stereocenters. The Labute approximate surface area is 251 Å². The first-order valence-electron chi connectivity index (χ1n) is 14.1. The van der Waals surface area contributed by atoms with Gasteiger partial charge in [-0.05, 0) is 55.5 Å². The first kappa shape index (κ1) is 26.9. The van der Waals surface area contributed by atoms with Crippen molar-refractivity contribution < 1.29 is 13.9 Å². The predicted octanol–water partition coefficient (Wildman–Crippen LogP) is 6.60. The summed E-state index contributed by atoms with van der Waals surface area (Å²) < 4.78 is 14.9. The van der Waals surface area contributed by atoms with Crippen molar-refractivity contribution in [3.63, 3.8) is 0 Å². The zero-order valence-electron chi connectivity index (χ0n) is 24.0. The highest BCUT2D eigenvalue weighted by Crippen LogP contribution is 2.33. The molecule has 0 atom stereocenters. The molecule has 44 heavy (non-hydrogen) atoms. The van der Waals surface area contributed by atoms with E-state index in [1.807, 2.05) is 90.4 Å². The number of nitrogens with zero attached hydrogens (tertiary/aromatic N) is 4. The molecule has 4 aromatic carbocycles. The van der Waals surface area contributed by atoms with Crippen LogP contribution in [0.2, 0.25) is 0 Å². The summed E-state index contributed by atoms with van der Waals surface area (Å²) >= 11 is 0. The van der Waals surface area contributed by atoms with Crippen molar-refractivity contribution in [1.29, 1.82) is 0 Å². The van der Waals surface area contributed by atoms with Crippen LogP contribution in [0.15, 0.2) is 117 Å². The number of anilines is 1. The van der Waals surface area contributed by atoms with E-state index >= 15 is 0 Å². The molecule has 3 aromatic heterocycles. The Kier molecular flexibility index (Phi) is 6.75. The van der Waals surface area contributed by atoms with Crippen LogP contribution in [0.25, 0.3) is 44.4 Å². The number of carbonyl (C=O) groups is 1. The van der Waals surface area contributed by atoms with Crippen molar-refractivity contribution >= 4 is 50.6 Å². The van der Waals surface area contributed by atoms with E-state index in [0.29, 0.717) is 28.0 Å². The number of para-hydroxylation sites is 3. The first-order chi connectivity index (χ1) is 21.5. The smallest absolute Gasteiger partial charge is 0.282 e. The number of aromatic nitrogens is 3. The van der Waals surface area contributed by atoms with Gasteiger partial charge in [0.1, 0.15) is 17.9 Å². The van der Waals surface area contributed by atoms with Crippen LogP contribution in [-0.2, 0) is 11.3 Å². The van der Waals surface area contributed by atoms with Gasteiger partial charge in [-0.3, -0.25) is 9.59 Å². The van der Waals surface area contributed by atoms with E-state index in [-0.39, 0.29) is 23.8 Å². The van der Waals surface area contributed by atoms with Crippen LogP contribution >= 0.6 is 0 Å². The Balaban J connectivity index is 1.35. The number of hydrogen-bond acceptors (Lipinski definition) is 6. The van der Waals surface area contributed by atoms with E-state index in [1.54, 1.807) is 37.6 Å². The monoisotopic (exact) mass is 581 g/mol. The molecule has 1 N–H and O–H groups in total. The fourth-order valence-electron chi connectivity index (χ4n) is 5.52. The minimum Gasteiger partial charge on any atom is -0.496 e. The lowest BCUT2D eigenvalue weighted by atomic mass is 10.1. The van der Waals surface area contributed by atoms with E-state index in [1.165, 1.54) is 4.68 Å². The molecule has 0 aliphatic rings. The number of amides is 1. The summed E-state index contributed by atoms with van der Waals surface area (Å²) in [4.78, 5) is 31.7. The molecule has 0 spiro atoms. The normalized spacial score (nSPS) is 11.6. The third-order valence-corrected chi connectivity index (χ3v) is 7.66. The number of furan rings is 1. The van der Waals surface area contributed by atoms with E-state index in [0.717, 1.165) is 33.2 Å². The second kappa shape index (κ2) is 11.0. The molecule has 0 fully saturated rings. The van der Waals surface area contributed by atoms with Gasteiger partial charge in [-0.25, -0.2) is 4.98 Å². The zero-order valence-corrected chi connectivity index (χ0v) is 24.0. The van der Waals surface area contributed by atoms with Crippen LogP contribution in [-0.4, -0.2) is 33.5 Å². The van der Waals surface area contributed by atoms with Gasteiger partial charge in [0.2, 0.25) is 11.7 Å². The van der Waals surface area contributed by atoms with Crippen molar-refractivity contribution in [3.8, 4) is 17.3 Å². The topological polar surface area (TPSA) is 104 Å². The van der Waals surface area contributed by atoms with E-state index < -0.39 is 0 Å². The Morgan fingerprint density at radius 1 is 0.932 bits per heavy atom. The fraction of sp³-hybridized carbons (Fsp3) is 0.0857. The highest BCUT2D eigenvalue weighted by molar-refractivity contribution is 6.02. The lowest BCUT2D eigenvalue weighted by Crippen LogP contribution is -2.20. The lowest BCUT2D eigenvalue weighted by Gasteiger charge is -2.09. The quantitative estimate of drug-likeness (QED) is 0.214. The van der Waals surface area contributed by atoms with Gasteiger partial charge < -0.3 is 19.0 Å². The number of nitrogens with one attached hydrogen (secondary N) is 1. The molecule has 3 heterocycles. The van der Waals surface area contributed by atoms with Gasteiger partial charge in [0.05, 0.1) is 29.6 Å². The highest BCUT2D eigenvalue weighted by Gasteiger charge is 2.19. The van der Waals surface area contributed by atoms with Crippen LogP contribution in [0.1, 0.15) is 11.3 Å². The largest absolute Gasteiger partial charge is 0.496 e. The average Bonchev–Trinajstić information content (AvgIpc) is 3.60. The molecule has 9 heteroatoms. The molecular weight excluding hydrogens is 554 g/mol. The Morgan fingerprint density at radius 3 is 2.50 bits per heavy atom.